The van der Waals surface area contributed by atoms with Crippen LogP contribution >= 0.6 is 12.3 Å². The minimum Gasteiger partial charge on any atom is -0.317 e. The topological polar surface area (TPSA) is 68.2 Å². The third kappa shape index (κ3) is 3.18. The Bertz CT molecular complexity index is 640. The smallest absolute Gasteiger partial charge is 0.233 e. The van der Waals surface area contributed by atoms with Crippen molar-refractivity contribution in [3.63, 3.8) is 0 Å². The molecule has 2 aliphatic rings. The van der Waals surface area contributed by atoms with Gasteiger partial charge in [-0.05, 0) is 50.0 Å². The third-order valence-electron chi connectivity index (χ3n) is 5.00. The number of anilines is 1. The maximum absolute atomic E-state index is 12.9. The lowest BCUT2D eigenvalue weighted by Gasteiger charge is -2.32. The van der Waals surface area contributed by atoms with E-state index < -0.39 is 0 Å². The second kappa shape index (κ2) is 7.36. The summed E-state index contributed by atoms with van der Waals surface area (Å²) in [6, 6.07) is 7.51. The largest absolute Gasteiger partial charge is 0.317 e. The van der Waals surface area contributed by atoms with E-state index >= 15 is 0 Å². The van der Waals surface area contributed by atoms with Crippen LogP contribution in [0, 0.1) is 10.8 Å². The minimum atomic E-state index is -0.188. The molecule has 1 aromatic rings. The molecule has 2 heterocycles. The predicted molar refractivity (Wildman–Crippen MR) is 96.5 cm³/mol. The Morgan fingerprint density at radius 1 is 1.29 bits per heavy atom. The SMILES string of the molecule is N=C/C(=C\NSF)c1ccc(N2CCC3(CCNCC3)C2=O)cc1. The van der Waals surface area contributed by atoms with Gasteiger partial charge < -0.3 is 20.3 Å². The lowest BCUT2D eigenvalue weighted by Crippen LogP contribution is -2.42. The van der Waals surface area contributed by atoms with E-state index in [0.29, 0.717) is 5.57 Å². The Kier molecular flexibility index (Phi) is 5.20. The Hall–Kier alpha value is -1.86. The molecule has 2 saturated heterocycles. The zero-order chi connectivity index (χ0) is 17.0. The summed E-state index contributed by atoms with van der Waals surface area (Å²) in [4.78, 5) is 14.8. The lowest BCUT2D eigenvalue weighted by atomic mass is 9.78. The number of hydrogen-bond acceptors (Lipinski definition) is 5. The van der Waals surface area contributed by atoms with Gasteiger partial charge in [0.05, 0.1) is 5.41 Å². The van der Waals surface area contributed by atoms with Gasteiger partial charge in [0, 0.05) is 30.2 Å². The van der Waals surface area contributed by atoms with Crippen LogP contribution in [0.25, 0.3) is 5.57 Å². The summed E-state index contributed by atoms with van der Waals surface area (Å²) < 4.78 is 14.5. The molecule has 2 aliphatic heterocycles. The number of carbonyl (C=O) groups is 1. The number of piperidine rings is 1. The molecule has 2 fully saturated rings. The molecule has 0 aliphatic carbocycles. The Morgan fingerprint density at radius 2 is 2.00 bits per heavy atom. The highest BCUT2D eigenvalue weighted by molar-refractivity contribution is 7.92. The van der Waals surface area contributed by atoms with Crippen LogP contribution < -0.4 is 14.9 Å². The van der Waals surface area contributed by atoms with Gasteiger partial charge in [-0.15, -0.1) is 3.89 Å². The molecule has 3 N–H and O–H groups in total. The molecule has 0 radical (unpaired) electrons. The highest BCUT2D eigenvalue weighted by Crippen LogP contribution is 2.41. The summed E-state index contributed by atoms with van der Waals surface area (Å²) in [7, 11) is 0. The fourth-order valence-electron chi connectivity index (χ4n) is 3.56. The van der Waals surface area contributed by atoms with Gasteiger partial charge in [0.15, 0.2) is 12.3 Å². The number of rotatable bonds is 5. The molecular weight excluding hydrogens is 327 g/mol. The first-order chi connectivity index (χ1) is 11.7. The number of carbonyl (C=O) groups excluding carboxylic acids is 1. The standard InChI is InChI=1S/C17H21FN4OS/c18-24-21-12-14(11-19)13-1-3-15(4-2-13)22-10-7-17(16(22)23)5-8-20-9-6-17/h1-4,11-12,19-21H,5-10H2/b14-12+,19-11?. The molecule has 0 unspecified atom stereocenters. The molecule has 0 bridgehead atoms. The van der Waals surface area contributed by atoms with E-state index in [0.717, 1.165) is 50.1 Å². The van der Waals surface area contributed by atoms with Gasteiger partial charge in [-0.1, -0.05) is 12.1 Å². The molecule has 1 amide bonds. The molecule has 7 heteroatoms. The van der Waals surface area contributed by atoms with Crippen molar-refractivity contribution in [3.8, 4) is 0 Å². The van der Waals surface area contributed by atoms with Crippen molar-refractivity contribution in [2.45, 2.75) is 19.3 Å². The van der Waals surface area contributed by atoms with Gasteiger partial charge in [-0.25, -0.2) is 0 Å². The van der Waals surface area contributed by atoms with Crippen LogP contribution in [0.1, 0.15) is 24.8 Å². The van der Waals surface area contributed by atoms with Crippen LogP contribution in [0.5, 0.6) is 0 Å². The number of halogens is 1. The van der Waals surface area contributed by atoms with E-state index in [9.17, 15) is 8.68 Å². The Labute approximate surface area is 145 Å². The zero-order valence-electron chi connectivity index (χ0n) is 13.3. The first kappa shape index (κ1) is 17.0. The molecule has 5 nitrogen and oxygen atoms in total. The van der Waals surface area contributed by atoms with Crippen LogP contribution in [-0.2, 0) is 4.79 Å². The molecule has 1 aromatic carbocycles. The first-order valence-corrected chi connectivity index (χ1v) is 8.79. The first-order valence-electron chi connectivity index (χ1n) is 8.07. The van der Waals surface area contributed by atoms with Crippen molar-refractivity contribution in [1.29, 1.82) is 5.41 Å². The van der Waals surface area contributed by atoms with Crippen molar-refractivity contribution in [2.24, 2.45) is 5.41 Å². The number of allylic oxidation sites excluding steroid dienone is 1. The summed E-state index contributed by atoms with van der Waals surface area (Å²) in [5.41, 5.74) is 2.08. The number of amides is 1. The number of nitrogens with zero attached hydrogens (tertiary/aromatic N) is 1. The van der Waals surface area contributed by atoms with E-state index in [1.54, 1.807) is 0 Å². The van der Waals surface area contributed by atoms with Crippen LogP contribution in [0.2, 0.25) is 0 Å². The Morgan fingerprint density at radius 3 is 2.62 bits per heavy atom. The van der Waals surface area contributed by atoms with Crippen molar-refractivity contribution < 1.29 is 8.68 Å². The van der Waals surface area contributed by atoms with E-state index in [1.807, 2.05) is 29.2 Å². The number of nitrogens with one attached hydrogen (secondary N) is 3. The second-order valence-corrected chi connectivity index (χ2v) is 6.61. The van der Waals surface area contributed by atoms with Gasteiger partial charge in [0.25, 0.3) is 0 Å². The van der Waals surface area contributed by atoms with Crippen LogP contribution in [0.4, 0.5) is 9.57 Å². The summed E-state index contributed by atoms with van der Waals surface area (Å²) in [6.07, 6.45) is 5.35. The van der Waals surface area contributed by atoms with Gasteiger partial charge in [-0.3, -0.25) is 4.79 Å². The maximum Gasteiger partial charge on any atom is 0.233 e. The average Bonchev–Trinajstić information content (AvgIpc) is 2.93. The van der Waals surface area contributed by atoms with Crippen molar-refractivity contribution >= 4 is 35.7 Å². The number of benzene rings is 1. The summed E-state index contributed by atoms with van der Waals surface area (Å²) >= 11 is -0.0115. The zero-order valence-corrected chi connectivity index (χ0v) is 14.2. The molecular formula is C17H21FN4OS. The highest BCUT2D eigenvalue weighted by Gasteiger charge is 2.47. The summed E-state index contributed by atoms with van der Waals surface area (Å²) in [6.45, 7) is 2.57. The van der Waals surface area contributed by atoms with Gasteiger partial charge in [-0.2, -0.15) is 0 Å². The van der Waals surface area contributed by atoms with E-state index in [1.165, 1.54) is 12.4 Å². The van der Waals surface area contributed by atoms with E-state index in [4.69, 9.17) is 5.41 Å². The number of hydrogen-bond donors (Lipinski definition) is 3. The quantitative estimate of drug-likeness (QED) is 0.565. The fourth-order valence-corrected chi connectivity index (χ4v) is 3.74. The van der Waals surface area contributed by atoms with Crippen molar-refractivity contribution in [1.82, 2.24) is 10.0 Å². The molecule has 128 valence electrons. The molecule has 24 heavy (non-hydrogen) atoms. The van der Waals surface area contributed by atoms with Gasteiger partial charge in [0.2, 0.25) is 5.91 Å². The van der Waals surface area contributed by atoms with Crippen LogP contribution in [0.15, 0.2) is 30.5 Å². The average molecular weight is 348 g/mol. The minimum absolute atomic E-state index is 0.0115. The van der Waals surface area contributed by atoms with Gasteiger partial charge >= 0.3 is 0 Å². The van der Waals surface area contributed by atoms with Crippen molar-refractivity contribution in [2.75, 3.05) is 24.5 Å². The summed E-state index contributed by atoms with van der Waals surface area (Å²) in [5, 5.41) is 10.7. The van der Waals surface area contributed by atoms with Crippen molar-refractivity contribution in [3.05, 3.63) is 36.0 Å². The molecule has 0 saturated carbocycles. The van der Waals surface area contributed by atoms with Crippen LogP contribution in [0.3, 0.4) is 0 Å². The second-order valence-electron chi connectivity index (χ2n) is 6.22. The maximum atomic E-state index is 12.9. The molecule has 1 spiro atoms. The third-order valence-corrected chi connectivity index (χ3v) is 5.21. The molecule has 0 atom stereocenters. The lowest BCUT2D eigenvalue weighted by molar-refractivity contribution is -0.126. The normalized spacial score (nSPS) is 20.5. The highest BCUT2D eigenvalue weighted by atomic mass is 32.2. The van der Waals surface area contributed by atoms with Crippen LogP contribution in [-0.4, -0.2) is 31.8 Å². The Balaban J connectivity index is 1.76. The molecule has 3 rings (SSSR count). The fraction of sp³-hybridized carbons (Fsp3) is 0.412. The molecule has 0 aromatic heterocycles. The monoisotopic (exact) mass is 348 g/mol. The predicted octanol–water partition coefficient (Wildman–Crippen LogP) is 2.91. The van der Waals surface area contributed by atoms with Gasteiger partial charge in [0.1, 0.15) is 0 Å². The van der Waals surface area contributed by atoms with E-state index in [2.05, 4.69) is 10.0 Å². The summed E-state index contributed by atoms with van der Waals surface area (Å²) in [5.74, 6) is 0.232. The van der Waals surface area contributed by atoms with E-state index in [-0.39, 0.29) is 23.7 Å².